The second-order valence-corrected chi connectivity index (χ2v) is 8.87. The van der Waals surface area contributed by atoms with Crippen molar-refractivity contribution in [2.45, 2.75) is 32.7 Å². The van der Waals surface area contributed by atoms with Gasteiger partial charge in [-0.3, -0.25) is 19.8 Å². The zero-order valence-electron chi connectivity index (χ0n) is 19.9. The molecule has 9 heteroatoms. The lowest BCUT2D eigenvalue weighted by atomic mass is 9.85. The van der Waals surface area contributed by atoms with Crippen LogP contribution in [0.15, 0.2) is 30.3 Å². The van der Waals surface area contributed by atoms with Gasteiger partial charge in [-0.05, 0) is 62.2 Å². The maximum Gasteiger partial charge on any atom is 0.254 e. The van der Waals surface area contributed by atoms with Gasteiger partial charge in [0.25, 0.3) is 5.91 Å². The highest BCUT2D eigenvalue weighted by Gasteiger charge is 2.42. The average molecular weight is 529 g/mol. The van der Waals surface area contributed by atoms with E-state index in [1.54, 1.807) is 48.2 Å². The molecule has 2 heterocycles. The summed E-state index contributed by atoms with van der Waals surface area (Å²) in [4.78, 5) is 41.3. The summed E-state index contributed by atoms with van der Waals surface area (Å²) in [6.45, 7) is 6.38. The number of hydrogen-bond donors (Lipinski definition) is 2. The minimum atomic E-state index is -0.692. The number of rotatable bonds is 6. The Bertz CT molecular complexity index is 1210. The van der Waals surface area contributed by atoms with Crippen molar-refractivity contribution in [3.8, 4) is 5.75 Å². The van der Waals surface area contributed by atoms with Gasteiger partial charge in [-0.2, -0.15) is 0 Å². The molecule has 0 unspecified atom stereocenters. The van der Waals surface area contributed by atoms with E-state index in [-0.39, 0.29) is 47.0 Å². The molecule has 0 spiro atoms. The van der Waals surface area contributed by atoms with E-state index < -0.39 is 5.41 Å². The summed E-state index contributed by atoms with van der Waals surface area (Å²) in [6.07, 6.45) is 0. The lowest BCUT2D eigenvalue weighted by Crippen LogP contribution is -2.33. The van der Waals surface area contributed by atoms with E-state index >= 15 is 0 Å². The van der Waals surface area contributed by atoms with Crippen LogP contribution in [0, 0.1) is 5.41 Å². The molecular formula is C25H29BrN4O4. The topological polar surface area (TPSA) is 103 Å². The van der Waals surface area contributed by atoms with Crippen molar-refractivity contribution in [2.75, 3.05) is 32.1 Å². The molecule has 0 radical (unpaired) electrons. The van der Waals surface area contributed by atoms with Crippen molar-refractivity contribution in [1.82, 2.24) is 10.2 Å². The molecule has 2 N–H and O–H groups in total. The summed E-state index contributed by atoms with van der Waals surface area (Å²) in [7, 11) is 3.29. The first-order valence-electron chi connectivity index (χ1n) is 10.9. The molecular weight excluding hydrogens is 500 g/mol. The molecule has 2 aliphatic rings. The van der Waals surface area contributed by atoms with Gasteiger partial charge in [0.2, 0.25) is 5.91 Å². The summed E-state index contributed by atoms with van der Waals surface area (Å²) < 4.78 is 5.64. The Hall–Kier alpha value is -3.20. The second kappa shape index (κ2) is 9.21. The Kier molecular flexibility index (Phi) is 6.89. The van der Waals surface area contributed by atoms with Gasteiger partial charge in [0.1, 0.15) is 11.6 Å². The van der Waals surface area contributed by atoms with E-state index in [1.807, 2.05) is 26.8 Å². The van der Waals surface area contributed by atoms with Crippen LogP contribution in [0.3, 0.4) is 0 Å². The Morgan fingerprint density at radius 3 is 2.56 bits per heavy atom. The van der Waals surface area contributed by atoms with E-state index in [2.05, 4.69) is 5.32 Å². The summed E-state index contributed by atoms with van der Waals surface area (Å²) in [5.41, 5.74) is 3.28. The van der Waals surface area contributed by atoms with Crippen LogP contribution in [0.1, 0.15) is 58.2 Å². The lowest BCUT2D eigenvalue weighted by Gasteiger charge is -2.18. The fraction of sp³-hybridized carbons (Fsp3) is 0.360. The third-order valence-corrected chi connectivity index (χ3v) is 6.44. The third kappa shape index (κ3) is 3.98. The first-order valence-corrected chi connectivity index (χ1v) is 10.9. The number of nitrogens with zero attached hydrogens (tertiary/aromatic N) is 2. The van der Waals surface area contributed by atoms with Crippen molar-refractivity contribution in [3.63, 3.8) is 0 Å². The average Bonchev–Trinajstić information content (AvgIpc) is 3.18. The SMILES string of the molecule is Br.CCOc1cc2c(cc1C(=O)NC)C(=N)N(CC(=O)c1ccc3c(c1)C(C)(C)C(=O)N3C)C2. The number of hydrogen-bond acceptors (Lipinski definition) is 5. The first kappa shape index (κ1) is 25.4. The van der Waals surface area contributed by atoms with E-state index in [0.29, 0.717) is 35.6 Å². The molecule has 0 atom stereocenters. The summed E-state index contributed by atoms with van der Waals surface area (Å²) in [5, 5.41) is 11.2. The highest BCUT2D eigenvalue weighted by Crippen LogP contribution is 2.41. The number of halogens is 1. The maximum absolute atomic E-state index is 13.1. The molecule has 4 rings (SSSR count). The Morgan fingerprint density at radius 1 is 1.21 bits per heavy atom. The van der Waals surface area contributed by atoms with Crippen molar-refractivity contribution < 1.29 is 19.1 Å². The molecule has 2 aromatic carbocycles. The Labute approximate surface area is 209 Å². The number of anilines is 1. The van der Waals surface area contributed by atoms with Gasteiger partial charge >= 0.3 is 0 Å². The van der Waals surface area contributed by atoms with Gasteiger partial charge in [0.05, 0.1) is 24.1 Å². The molecule has 34 heavy (non-hydrogen) atoms. The standard InChI is InChI=1S/C25H28N4O4.BrH/c1-6-33-21-10-15-12-29(22(26)16(15)11-17(21)23(31)27-4)13-20(30)14-7-8-19-18(9-14)25(2,3)24(32)28(19)5;/h7-11,26H,6,12-13H2,1-5H3,(H,27,31);1H. The van der Waals surface area contributed by atoms with Crippen LogP contribution in [0.5, 0.6) is 5.75 Å². The Balaban J connectivity index is 0.00000324. The molecule has 0 fully saturated rings. The van der Waals surface area contributed by atoms with Crippen LogP contribution < -0.4 is 15.0 Å². The first-order chi connectivity index (χ1) is 15.6. The second-order valence-electron chi connectivity index (χ2n) is 8.87. The minimum Gasteiger partial charge on any atom is -0.493 e. The quantitative estimate of drug-likeness (QED) is 0.560. The molecule has 0 aliphatic carbocycles. The summed E-state index contributed by atoms with van der Waals surface area (Å²) in [6, 6.07) is 8.77. The van der Waals surface area contributed by atoms with Gasteiger partial charge in [-0.25, -0.2) is 0 Å². The number of carbonyl (C=O) groups excluding carboxylic acids is 3. The molecule has 0 aromatic heterocycles. The highest BCUT2D eigenvalue weighted by atomic mass is 79.9. The molecule has 8 nitrogen and oxygen atoms in total. The van der Waals surface area contributed by atoms with Crippen LogP contribution in [-0.4, -0.2) is 55.6 Å². The molecule has 180 valence electrons. The number of amidine groups is 1. The van der Waals surface area contributed by atoms with E-state index in [4.69, 9.17) is 10.1 Å². The van der Waals surface area contributed by atoms with Gasteiger partial charge in [0.15, 0.2) is 5.78 Å². The molecule has 2 aromatic rings. The number of likely N-dealkylation sites (N-methyl/N-ethyl adjacent to an activating group) is 1. The number of nitrogens with one attached hydrogen (secondary N) is 2. The third-order valence-electron chi connectivity index (χ3n) is 6.44. The van der Waals surface area contributed by atoms with E-state index in [1.165, 1.54) is 0 Å². The van der Waals surface area contributed by atoms with Gasteiger partial charge in [-0.15, -0.1) is 17.0 Å². The number of benzene rings is 2. The molecule has 0 saturated heterocycles. The Morgan fingerprint density at radius 2 is 1.91 bits per heavy atom. The zero-order chi connectivity index (χ0) is 24.1. The monoisotopic (exact) mass is 528 g/mol. The minimum absolute atomic E-state index is 0. The van der Waals surface area contributed by atoms with Crippen molar-refractivity contribution in [1.29, 1.82) is 5.41 Å². The molecule has 2 amide bonds. The van der Waals surface area contributed by atoms with Crippen LogP contribution in [0.4, 0.5) is 5.69 Å². The van der Waals surface area contributed by atoms with Crippen LogP contribution in [-0.2, 0) is 16.8 Å². The normalized spacial score (nSPS) is 15.6. The largest absolute Gasteiger partial charge is 0.493 e. The fourth-order valence-electron chi connectivity index (χ4n) is 4.56. The van der Waals surface area contributed by atoms with Crippen LogP contribution in [0.25, 0.3) is 0 Å². The lowest BCUT2D eigenvalue weighted by molar-refractivity contribution is -0.121. The predicted molar refractivity (Wildman–Crippen MR) is 136 cm³/mol. The summed E-state index contributed by atoms with van der Waals surface area (Å²) in [5.74, 6) is 0.235. The number of carbonyl (C=O) groups is 3. The van der Waals surface area contributed by atoms with Crippen molar-refractivity contribution in [3.05, 3.63) is 58.1 Å². The highest BCUT2D eigenvalue weighted by molar-refractivity contribution is 8.93. The van der Waals surface area contributed by atoms with Crippen LogP contribution >= 0.6 is 17.0 Å². The molecule has 2 aliphatic heterocycles. The van der Waals surface area contributed by atoms with Crippen molar-refractivity contribution in [2.24, 2.45) is 0 Å². The fourth-order valence-corrected chi connectivity index (χ4v) is 4.56. The van der Waals surface area contributed by atoms with Crippen molar-refractivity contribution >= 4 is 46.1 Å². The number of Topliss-reactive ketones (excluding diaryl/α,β-unsaturated/α-hetero) is 1. The zero-order valence-corrected chi connectivity index (χ0v) is 21.7. The van der Waals surface area contributed by atoms with Gasteiger partial charge < -0.3 is 19.9 Å². The summed E-state index contributed by atoms with van der Waals surface area (Å²) >= 11 is 0. The number of ether oxygens (including phenoxy) is 1. The predicted octanol–water partition coefficient (Wildman–Crippen LogP) is 3.30. The van der Waals surface area contributed by atoms with Gasteiger partial charge in [-0.1, -0.05) is 0 Å². The number of ketones is 1. The number of amides is 2. The van der Waals surface area contributed by atoms with Crippen LogP contribution in [0.2, 0.25) is 0 Å². The maximum atomic E-state index is 13.1. The molecule has 0 saturated carbocycles. The molecule has 0 bridgehead atoms. The smallest absolute Gasteiger partial charge is 0.254 e. The van der Waals surface area contributed by atoms with E-state index in [9.17, 15) is 14.4 Å². The number of fused-ring (bicyclic) bond motifs is 2. The van der Waals surface area contributed by atoms with Gasteiger partial charge in [0, 0.05) is 37.5 Å². The van der Waals surface area contributed by atoms with E-state index in [0.717, 1.165) is 16.8 Å².